The first-order valence-electron chi connectivity index (χ1n) is 10.3. The summed E-state index contributed by atoms with van der Waals surface area (Å²) >= 11 is 7.10. The lowest BCUT2D eigenvalue weighted by Crippen LogP contribution is -2.53. The van der Waals surface area contributed by atoms with Crippen LogP contribution in [0.3, 0.4) is 0 Å². The van der Waals surface area contributed by atoms with Crippen LogP contribution in [-0.4, -0.2) is 51.5 Å². The van der Waals surface area contributed by atoms with Gasteiger partial charge in [-0.2, -0.15) is 0 Å². The molecule has 0 saturated carbocycles. The maximum Gasteiger partial charge on any atom is 0.321 e. The van der Waals surface area contributed by atoms with Crippen LogP contribution in [0.2, 0.25) is 5.02 Å². The van der Waals surface area contributed by atoms with E-state index in [1.54, 1.807) is 48.1 Å². The Balaban J connectivity index is 1.53. The Morgan fingerprint density at radius 3 is 2.59 bits per heavy atom. The lowest BCUT2D eigenvalue weighted by molar-refractivity contribution is -0.121. The second-order valence-electron chi connectivity index (χ2n) is 7.40. The molecular weight excluding hydrogens is 480 g/mol. The molecule has 4 amide bonds. The van der Waals surface area contributed by atoms with Gasteiger partial charge in [0.15, 0.2) is 5.16 Å². The molecule has 1 fully saturated rings. The van der Waals surface area contributed by atoms with Gasteiger partial charge in [-0.15, -0.1) is 10.2 Å². The van der Waals surface area contributed by atoms with Crippen molar-refractivity contribution in [3.8, 4) is 11.4 Å². The molecule has 2 heterocycles. The molecule has 0 spiro atoms. The zero-order valence-corrected chi connectivity index (χ0v) is 19.7. The van der Waals surface area contributed by atoms with Crippen molar-refractivity contribution < 1.29 is 19.1 Å². The Kier molecular flexibility index (Phi) is 7.33. The number of ether oxygens (including phenoxy) is 1. The maximum absolute atomic E-state index is 12.5. The van der Waals surface area contributed by atoms with Gasteiger partial charge in [-0.1, -0.05) is 23.4 Å². The van der Waals surface area contributed by atoms with E-state index >= 15 is 0 Å². The summed E-state index contributed by atoms with van der Waals surface area (Å²) in [6.07, 6.45) is 0.420. The normalized spacial score (nSPS) is 15.4. The lowest BCUT2D eigenvalue weighted by Gasteiger charge is -2.23. The zero-order valence-electron chi connectivity index (χ0n) is 18.1. The van der Waals surface area contributed by atoms with Gasteiger partial charge in [0, 0.05) is 35.3 Å². The van der Waals surface area contributed by atoms with Gasteiger partial charge in [-0.3, -0.25) is 19.5 Å². The van der Waals surface area contributed by atoms with Gasteiger partial charge in [0.25, 0.3) is 0 Å². The van der Waals surface area contributed by atoms with Gasteiger partial charge in [-0.25, -0.2) is 4.79 Å². The standard InChI is InChI=1S/C22H21ClN6O4S/c1-33-17-8-6-16(7-9-17)29-18(10-15-11-19(30)26-21(32)25-15)27-28-22(29)34-12-20(31)24-14-4-2-13(23)3-5-14/h2-9,15H,10-12H2,1H3,(H,24,31)(H2,25,26,30,32). The largest absolute Gasteiger partial charge is 0.497 e. The van der Waals surface area contributed by atoms with E-state index in [2.05, 4.69) is 26.1 Å². The number of hydrogen-bond donors (Lipinski definition) is 3. The molecule has 34 heavy (non-hydrogen) atoms. The Hall–Kier alpha value is -3.57. The van der Waals surface area contributed by atoms with Gasteiger partial charge in [0.05, 0.1) is 12.9 Å². The number of anilines is 1. The van der Waals surface area contributed by atoms with Crippen molar-refractivity contribution in [2.75, 3.05) is 18.2 Å². The van der Waals surface area contributed by atoms with Crippen molar-refractivity contribution in [1.29, 1.82) is 0 Å². The van der Waals surface area contributed by atoms with Crippen molar-refractivity contribution in [3.63, 3.8) is 0 Å². The van der Waals surface area contributed by atoms with E-state index in [1.165, 1.54) is 11.8 Å². The first-order valence-corrected chi connectivity index (χ1v) is 11.6. The second kappa shape index (κ2) is 10.6. The Morgan fingerprint density at radius 2 is 1.91 bits per heavy atom. The average Bonchev–Trinajstić information content (AvgIpc) is 3.21. The number of hydrogen-bond acceptors (Lipinski definition) is 7. The maximum atomic E-state index is 12.5. The number of nitrogens with zero attached hydrogens (tertiary/aromatic N) is 3. The monoisotopic (exact) mass is 500 g/mol. The number of carbonyl (C=O) groups is 3. The summed E-state index contributed by atoms with van der Waals surface area (Å²) in [5.74, 6) is 0.767. The lowest BCUT2D eigenvalue weighted by atomic mass is 10.1. The highest BCUT2D eigenvalue weighted by atomic mass is 35.5. The van der Waals surface area contributed by atoms with Crippen molar-refractivity contribution in [1.82, 2.24) is 25.4 Å². The summed E-state index contributed by atoms with van der Waals surface area (Å²) in [6, 6.07) is 13.2. The number of halogens is 1. The summed E-state index contributed by atoms with van der Waals surface area (Å²) in [7, 11) is 1.58. The van der Waals surface area contributed by atoms with Gasteiger partial charge < -0.3 is 15.4 Å². The molecule has 1 aliphatic heterocycles. The molecule has 1 aromatic heterocycles. The number of benzene rings is 2. The van der Waals surface area contributed by atoms with E-state index in [0.29, 0.717) is 27.4 Å². The fraction of sp³-hybridized carbons (Fsp3) is 0.227. The molecule has 12 heteroatoms. The quantitative estimate of drug-likeness (QED) is 0.406. The highest BCUT2D eigenvalue weighted by molar-refractivity contribution is 7.99. The third kappa shape index (κ3) is 5.86. The number of thioether (sulfide) groups is 1. The summed E-state index contributed by atoms with van der Waals surface area (Å²) < 4.78 is 7.04. The number of rotatable bonds is 8. The zero-order chi connectivity index (χ0) is 24.1. The number of imide groups is 1. The van der Waals surface area contributed by atoms with Gasteiger partial charge in [-0.05, 0) is 48.5 Å². The topological polar surface area (TPSA) is 127 Å². The average molecular weight is 501 g/mol. The van der Waals surface area contributed by atoms with E-state index in [0.717, 1.165) is 5.69 Å². The number of aromatic nitrogens is 3. The van der Waals surface area contributed by atoms with Crippen LogP contribution in [0.4, 0.5) is 10.5 Å². The van der Waals surface area contributed by atoms with Crippen LogP contribution in [0.5, 0.6) is 5.75 Å². The van der Waals surface area contributed by atoms with Gasteiger partial charge in [0.2, 0.25) is 11.8 Å². The number of carbonyl (C=O) groups excluding carboxylic acids is 3. The molecule has 1 unspecified atom stereocenters. The van der Waals surface area contributed by atoms with Crippen LogP contribution in [0.25, 0.3) is 5.69 Å². The molecule has 4 rings (SSSR count). The van der Waals surface area contributed by atoms with Crippen LogP contribution in [0, 0.1) is 0 Å². The summed E-state index contributed by atoms with van der Waals surface area (Å²) in [5, 5.41) is 17.4. The summed E-state index contributed by atoms with van der Waals surface area (Å²) in [6.45, 7) is 0. The Bertz CT molecular complexity index is 1180. The predicted molar refractivity (Wildman–Crippen MR) is 128 cm³/mol. The minimum absolute atomic E-state index is 0.0967. The number of nitrogens with one attached hydrogen (secondary N) is 3. The first kappa shape index (κ1) is 23.6. The fourth-order valence-electron chi connectivity index (χ4n) is 3.39. The SMILES string of the molecule is COc1ccc(-n2c(CC3CC(=O)NC(=O)N3)nnc2SCC(=O)Nc2ccc(Cl)cc2)cc1. The molecule has 3 aromatic rings. The van der Waals surface area contributed by atoms with Crippen LogP contribution >= 0.6 is 23.4 Å². The van der Waals surface area contributed by atoms with Crippen LogP contribution in [0.1, 0.15) is 12.2 Å². The highest BCUT2D eigenvalue weighted by Crippen LogP contribution is 2.25. The van der Waals surface area contributed by atoms with E-state index in [1.807, 2.05) is 12.1 Å². The Labute approximate surface area is 204 Å². The number of amides is 4. The van der Waals surface area contributed by atoms with E-state index in [4.69, 9.17) is 16.3 Å². The molecule has 0 bridgehead atoms. The van der Waals surface area contributed by atoms with Crippen molar-refractivity contribution in [2.24, 2.45) is 0 Å². The molecule has 176 valence electrons. The first-order chi connectivity index (χ1) is 16.4. The van der Waals surface area contributed by atoms with Crippen molar-refractivity contribution in [2.45, 2.75) is 24.0 Å². The number of methoxy groups -OCH3 is 1. The van der Waals surface area contributed by atoms with Crippen LogP contribution in [0.15, 0.2) is 53.7 Å². The third-order valence-corrected chi connectivity index (χ3v) is 6.12. The van der Waals surface area contributed by atoms with Gasteiger partial charge >= 0.3 is 6.03 Å². The molecule has 0 aliphatic carbocycles. The van der Waals surface area contributed by atoms with Crippen molar-refractivity contribution in [3.05, 3.63) is 59.4 Å². The third-order valence-electron chi connectivity index (χ3n) is 4.94. The number of urea groups is 1. The predicted octanol–water partition coefficient (Wildman–Crippen LogP) is 2.80. The molecule has 0 radical (unpaired) electrons. The molecule has 2 aromatic carbocycles. The van der Waals surface area contributed by atoms with Crippen LogP contribution < -0.4 is 20.7 Å². The molecule has 10 nitrogen and oxygen atoms in total. The summed E-state index contributed by atoms with van der Waals surface area (Å²) in [4.78, 5) is 35.9. The molecular formula is C22H21ClN6O4S. The van der Waals surface area contributed by atoms with Crippen LogP contribution in [-0.2, 0) is 16.0 Å². The molecule has 1 aliphatic rings. The fourth-order valence-corrected chi connectivity index (χ4v) is 4.29. The second-order valence-corrected chi connectivity index (χ2v) is 8.78. The molecule has 1 saturated heterocycles. The minimum atomic E-state index is -0.537. The van der Waals surface area contributed by atoms with E-state index in [-0.39, 0.29) is 30.4 Å². The van der Waals surface area contributed by atoms with Gasteiger partial charge in [0.1, 0.15) is 11.6 Å². The highest BCUT2D eigenvalue weighted by Gasteiger charge is 2.27. The molecule has 1 atom stereocenters. The molecule has 3 N–H and O–H groups in total. The van der Waals surface area contributed by atoms with E-state index in [9.17, 15) is 14.4 Å². The van der Waals surface area contributed by atoms with Crippen molar-refractivity contribution >= 4 is 46.9 Å². The Morgan fingerprint density at radius 1 is 1.18 bits per heavy atom. The summed E-state index contributed by atoms with van der Waals surface area (Å²) in [5.41, 5.74) is 1.40. The van der Waals surface area contributed by atoms with E-state index < -0.39 is 12.1 Å². The minimum Gasteiger partial charge on any atom is -0.497 e. The smallest absolute Gasteiger partial charge is 0.321 e.